The van der Waals surface area contributed by atoms with Crippen molar-refractivity contribution >= 4 is 6.09 Å². The molecule has 0 aromatic heterocycles. The Labute approximate surface area is 124 Å². The smallest absolute Gasteiger partial charge is 0.426 e. The number of amides is 1. The Bertz CT molecular complexity index is 385. The summed E-state index contributed by atoms with van der Waals surface area (Å²) in [7, 11) is 3.63. The Morgan fingerprint density at radius 2 is 1.50 bits per heavy atom. The van der Waals surface area contributed by atoms with Gasteiger partial charge in [-0.3, -0.25) is 0 Å². The minimum atomic E-state index is -5.69. The summed E-state index contributed by atoms with van der Waals surface area (Å²) in [6.45, 7) is 1.98. The van der Waals surface area contributed by atoms with Gasteiger partial charge in [0.15, 0.2) is 0 Å². The molecule has 130 valence electrons. The first-order valence-corrected chi connectivity index (χ1v) is 6.54. The van der Waals surface area contributed by atoms with Crippen LogP contribution >= 0.6 is 0 Å². The van der Waals surface area contributed by atoms with E-state index in [1.54, 1.807) is 0 Å². The Balaban J connectivity index is 2.70. The van der Waals surface area contributed by atoms with Gasteiger partial charge in [-0.25, -0.2) is 4.79 Å². The number of hydrogen-bond donors (Lipinski definition) is 0. The Morgan fingerprint density at radius 3 is 1.82 bits per heavy atom. The number of piperidine rings is 1. The summed E-state index contributed by atoms with van der Waals surface area (Å²) in [5.41, 5.74) is -0.260. The van der Waals surface area contributed by atoms with E-state index in [0.717, 1.165) is 4.90 Å². The van der Waals surface area contributed by atoms with E-state index in [-0.39, 0.29) is 18.6 Å². The number of alkyl halides is 6. The summed E-state index contributed by atoms with van der Waals surface area (Å²) < 4.78 is 77.8. The largest absolute Gasteiger partial charge is 0.434 e. The van der Waals surface area contributed by atoms with E-state index < -0.39 is 24.5 Å². The van der Waals surface area contributed by atoms with Crippen molar-refractivity contribution in [1.29, 1.82) is 0 Å². The first-order chi connectivity index (χ1) is 9.77. The minimum Gasteiger partial charge on any atom is -0.426 e. The highest BCUT2D eigenvalue weighted by Crippen LogP contribution is 2.36. The van der Waals surface area contributed by atoms with Gasteiger partial charge in [0.1, 0.15) is 0 Å². The fourth-order valence-electron chi connectivity index (χ4n) is 2.11. The van der Waals surface area contributed by atoms with E-state index in [1.807, 2.05) is 25.9 Å². The SMILES string of the molecule is CN(C)C1(C)CCN(C(=O)OC(C(F)(F)F)C(F)(F)F)CC1. The lowest BCUT2D eigenvalue weighted by Crippen LogP contribution is -2.54. The molecule has 0 radical (unpaired) electrons. The van der Waals surface area contributed by atoms with Crippen molar-refractivity contribution in [2.24, 2.45) is 0 Å². The summed E-state index contributed by atoms with van der Waals surface area (Å²) in [6.07, 6.45) is -16.2. The number of rotatable bonds is 2. The van der Waals surface area contributed by atoms with Crippen molar-refractivity contribution in [3.63, 3.8) is 0 Å². The molecule has 1 fully saturated rings. The summed E-state index contributed by atoms with van der Waals surface area (Å²) in [5.74, 6) is 0. The maximum atomic E-state index is 12.4. The molecule has 1 aliphatic rings. The lowest BCUT2D eigenvalue weighted by Gasteiger charge is -2.43. The first kappa shape index (κ1) is 18.9. The van der Waals surface area contributed by atoms with E-state index in [0.29, 0.717) is 12.8 Å². The second-order valence-corrected chi connectivity index (χ2v) is 5.73. The maximum Gasteiger partial charge on any atom is 0.434 e. The molecule has 1 aliphatic heterocycles. The van der Waals surface area contributed by atoms with E-state index >= 15 is 0 Å². The van der Waals surface area contributed by atoms with Gasteiger partial charge in [0.25, 0.3) is 6.10 Å². The molecular formula is C12H18F6N2O2. The zero-order valence-electron chi connectivity index (χ0n) is 12.4. The van der Waals surface area contributed by atoms with E-state index in [1.165, 1.54) is 0 Å². The van der Waals surface area contributed by atoms with Gasteiger partial charge < -0.3 is 14.5 Å². The third-order valence-electron chi connectivity index (χ3n) is 3.99. The van der Waals surface area contributed by atoms with Crippen molar-refractivity contribution in [3.8, 4) is 0 Å². The number of likely N-dealkylation sites (tertiary alicyclic amines) is 1. The molecule has 10 heteroatoms. The molecule has 0 aromatic carbocycles. The second-order valence-electron chi connectivity index (χ2n) is 5.73. The molecule has 22 heavy (non-hydrogen) atoms. The summed E-state index contributed by atoms with van der Waals surface area (Å²) in [5, 5.41) is 0. The van der Waals surface area contributed by atoms with E-state index in [2.05, 4.69) is 4.74 Å². The van der Waals surface area contributed by atoms with Crippen LogP contribution in [0.5, 0.6) is 0 Å². The summed E-state index contributed by atoms with van der Waals surface area (Å²) >= 11 is 0. The van der Waals surface area contributed by atoms with Crippen LogP contribution in [0.2, 0.25) is 0 Å². The molecule has 0 aromatic rings. The predicted octanol–water partition coefficient (Wildman–Crippen LogP) is 3.03. The molecule has 0 aliphatic carbocycles. The van der Waals surface area contributed by atoms with Crippen LogP contribution in [0.4, 0.5) is 31.1 Å². The number of nitrogens with zero attached hydrogens (tertiary/aromatic N) is 2. The third kappa shape index (κ3) is 4.40. The van der Waals surface area contributed by atoms with Crippen LogP contribution in [-0.4, -0.2) is 67.1 Å². The van der Waals surface area contributed by atoms with Gasteiger partial charge in [-0.15, -0.1) is 0 Å². The molecule has 0 spiro atoms. The number of halogens is 6. The van der Waals surface area contributed by atoms with Gasteiger partial charge in [-0.2, -0.15) is 26.3 Å². The van der Waals surface area contributed by atoms with Crippen LogP contribution in [0.3, 0.4) is 0 Å². The molecule has 0 N–H and O–H groups in total. The third-order valence-corrected chi connectivity index (χ3v) is 3.99. The fraction of sp³-hybridized carbons (Fsp3) is 0.917. The van der Waals surface area contributed by atoms with Crippen molar-refractivity contribution in [2.45, 2.75) is 43.8 Å². The van der Waals surface area contributed by atoms with Crippen LogP contribution in [0.1, 0.15) is 19.8 Å². The van der Waals surface area contributed by atoms with Gasteiger partial charge in [-0.1, -0.05) is 0 Å². The van der Waals surface area contributed by atoms with Gasteiger partial charge in [0, 0.05) is 18.6 Å². The lowest BCUT2D eigenvalue weighted by atomic mass is 9.89. The molecule has 1 saturated heterocycles. The molecule has 1 amide bonds. The number of carbonyl (C=O) groups is 1. The van der Waals surface area contributed by atoms with Crippen LogP contribution in [0.25, 0.3) is 0 Å². The zero-order chi connectivity index (χ0) is 17.3. The fourth-order valence-corrected chi connectivity index (χ4v) is 2.11. The molecule has 0 bridgehead atoms. The highest BCUT2D eigenvalue weighted by atomic mass is 19.4. The van der Waals surface area contributed by atoms with Gasteiger partial charge in [-0.05, 0) is 33.9 Å². The summed E-state index contributed by atoms with van der Waals surface area (Å²) in [4.78, 5) is 14.4. The quantitative estimate of drug-likeness (QED) is 0.727. The Morgan fingerprint density at radius 1 is 1.09 bits per heavy atom. The van der Waals surface area contributed by atoms with Gasteiger partial charge >= 0.3 is 18.4 Å². The molecule has 0 unspecified atom stereocenters. The number of hydrogen-bond acceptors (Lipinski definition) is 3. The van der Waals surface area contributed by atoms with E-state index in [4.69, 9.17) is 0 Å². The van der Waals surface area contributed by atoms with Crippen molar-refractivity contribution in [3.05, 3.63) is 0 Å². The van der Waals surface area contributed by atoms with Gasteiger partial charge in [0.2, 0.25) is 0 Å². The average molecular weight is 336 g/mol. The molecular weight excluding hydrogens is 318 g/mol. The normalized spacial score (nSPS) is 19.7. The molecule has 0 saturated carbocycles. The van der Waals surface area contributed by atoms with Gasteiger partial charge in [0.05, 0.1) is 0 Å². The van der Waals surface area contributed by atoms with Crippen molar-refractivity contribution in [2.75, 3.05) is 27.2 Å². The molecule has 0 atom stereocenters. The lowest BCUT2D eigenvalue weighted by molar-refractivity contribution is -0.308. The molecule has 1 heterocycles. The molecule has 4 nitrogen and oxygen atoms in total. The second kappa shape index (κ2) is 6.13. The minimum absolute atomic E-state index is 0.0376. The molecule has 1 rings (SSSR count). The van der Waals surface area contributed by atoms with Crippen LogP contribution in [-0.2, 0) is 4.74 Å². The number of ether oxygens (including phenoxy) is 1. The standard InChI is InChI=1S/C12H18F6N2O2/c1-10(19(2)3)4-6-20(7-5-10)9(21)22-8(11(13,14)15)12(16,17)18/h8H,4-7H2,1-3H3. The van der Waals surface area contributed by atoms with Crippen molar-refractivity contribution < 1.29 is 35.9 Å². The first-order valence-electron chi connectivity index (χ1n) is 6.54. The highest BCUT2D eigenvalue weighted by molar-refractivity contribution is 5.68. The van der Waals surface area contributed by atoms with Crippen molar-refractivity contribution in [1.82, 2.24) is 9.80 Å². The average Bonchev–Trinajstić information content (AvgIpc) is 2.33. The van der Waals surface area contributed by atoms with Crippen LogP contribution < -0.4 is 0 Å². The highest BCUT2D eigenvalue weighted by Gasteiger charge is 2.60. The zero-order valence-corrected chi connectivity index (χ0v) is 12.4. The topological polar surface area (TPSA) is 32.8 Å². The van der Waals surface area contributed by atoms with Crippen LogP contribution in [0.15, 0.2) is 0 Å². The predicted molar refractivity (Wildman–Crippen MR) is 65.3 cm³/mol. The van der Waals surface area contributed by atoms with Crippen LogP contribution in [0, 0.1) is 0 Å². The monoisotopic (exact) mass is 336 g/mol. The maximum absolute atomic E-state index is 12.4. The Hall–Kier alpha value is -1.19. The number of carbonyl (C=O) groups excluding carboxylic acids is 1. The Kier molecular flexibility index (Phi) is 5.26. The summed E-state index contributed by atoms with van der Waals surface area (Å²) in [6, 6.07) is 0. The van der Waals surface area contributed by atoms with E-state index in [9.17, 15) is 31.1 Å².